The highest BCUT2D eigenvalue weighted by atomic mass is 32.1. The lowest BCUT2D eigenvalue weighted by molar-refractivity contribution is -0.139. The van der Waals surface area contributed by atoms with Crippen molar-refractivity contribution in [3.05, 3.63) is 174 Å². The molecule has 336 valence electrons. The fraction of sp³-hybridized carbons (Fsp3) is 0.306. The Morgan fingerprint density at radius 2 is 0.955 bits per heavy atom. The van der Waals surface area contributed by atoms with Crippen LogP contribution in [-0.2, 0) is 14.9 Å². The van der Waals surface area contributed by atoms with Gasteiger partial charge < -0.3 is 9.47 Å². The number of ether oxygens (including phenoxy) is 2. The fourth-order valence-corrected chi connectivity index (χ4v) is 12.2. The van der Waals surface area contributed by atoms with E-state index in [0.717, 1.165) is 37.9 Å². The van der Waals surface area contributed by atoms with Gasteiger partial charge in [-0.3, -0.25) is 0 Å². The summed E-state index contributed by atoms with van der Waals surface area (Å²) in [5.74, 6) is 0.641. The molecule has 1 saturated carbocycles. The number of fused-ring (bicyclic) bond motifs is 5. The van der Waals surface area contributed by atoms with Gasteiger partial charge in [-0.05, 0) is 165 Å². The minimum atomic E-state index is -0.266. The summed E-state index contributed by atoms with van der Waals surface area (Å²) in [6, 6.07) is 54.6. The third-order valence-electron chi connectivity index (χ3n) is 14.9. The van der Waals surface area contributed by atoms with Gasteiger partial charge in [0.05, 0.1) is 13.2 Å². The predicted octanol–water partition coefficient (Wildman–Crippen LogP) is 17.3. The minimum Gasteiger partial charge on any atom is -0.494 e. The van der Waals surface area contributed by atoms with Crippen LogP contribution in [0.15, 0.2) is 158 Å². The zero-order valence-electron chi connectivity index (χ0n) is 39.8. The van der Waals surface area contributed by atoms with Crippen LogP contribution in [0.2, 0.25) is 0 Å². The molecule has 6 aromatic carbocycles. The monoisotopic (exact) mass is 888 g/mol. The highest BCUT2D eigenvalue weighted by Crippen LogP contribution is 2.71. The van der Waals surface area contributed by atoms with Crippen LogP contribution in [0.1, 0.15) is 103 Å². The number of rotatable bonds is 16. The van der Waals surface area contributed by atoms with E-state index < -0.39 is 0 Å². The molecule has 0 aliphatic heterocycles. The number of benzene rings is 6. The number of esters is 1. The molecular weight excluding hydrogens is 825 g/mol. The van der Waals surface area contributed by atoms with E-state index in [1.165, 1.54) is 94.9 Å². The van der Waals surface area contributed by atoms with Gasteiger partial charge in [0.15, 0.2) is 0 Å². The van der Waals surface area contributed by atoms with Crippen LogP contribution in [-0.4, -0.2) is 19.2 Å². The van der Waals surface area contributed by atoms with E-state index in [4.69, 9.17) is 9.47 Å². The second kappa shape index (κ2) is 18.7. The topological polar surface area (TPSA) is 35.5 Å². The van der Waals surface area contributed by atoms with Crippen LogP contribution in [0.4, 0.5) is 0 Å². The second-order valence-corrected chi connectivity index (χ2v) is 21.0. The van der Waals surface area contributed by atoms with Gasteiger partial charge >= 0.3 is 5.97 Å². The van der Waals surface area contributed by atoms with Crippen molar-refractivity contribution in [2.24, 2.45) is 10.8 Å². The third kappa shape index (κ3) is 8.61. The summed E-state index contributed by atoms with van der Waals surface area (Å²) < 4.78 is 11.4. The average Bonchev–Trinajstić information content (AvgIpc) is 4.00. The van der Waals surface area contributed by atoms with Crippen LogP contribution in [0.5, 0.6) is 5.75 Å². The van der Waals surface area contributed by atoms with E-state index in [-0.39, 0.29) is 22.2 Å². The first kappa shape index (κ1) is 45.2. The Morgan fingerprint density at radius 3 is 1.50 bits per heavy atom. The Morgan fingerprint density at radius 1 is 0.530 bits per heavy atom. The molecule has 0 bridgehead atoms. The Hall–Kier alpha value is -5.97. The van der Waals surface area contributed by atoms with Crippen molar-refractivity contribution in [2.45, 2.75) is 98.3 Å². The highest BCUT2D eigenvalue weighted by molar-refractivity contribution is 7.18. The van der Waals surface area contributed by atoms with Gasteiger partial charge in [0.25, 0.3) is 0 Å². The Bertz CT molecular complexity index is 2820. The summed E-state index contributed by atoms with van der Waals surface area (Å²) in [6.45, 7) is 19.0. The lowest BCUT2D eigenvalue weighted by atomic mass is 9.53. The number of carbonyl (C=O) groups is 1. The van der Waals surface area contributed by atoms with Crippen LogP contribution >= 0.6 is 11.3 Å². The van der Waals surface area contributed by atoms with Gasteiger partial charge in [-0.15, -0.1) is 11.3 Å². The van der Waals surface area contributed by atoms with E-state index in [9.17, 15) is 4.79 Å². The van der Waals surface area contributed by atoms with E-state index in [2.05, 4.69) is 187 Å². The smallest absolute Gasteiger partial charge is 0.333 e. The van der Waals surface area contributed by atoms with Gasteiger partial charge in [-0.25, -0.2) is 4.79 Å². The van der Waals surface area contributed by atoms with Crippen LogP contribution < -0.4 is 4.74 Å². The normalized spacial score (nSPS) is 15.1. The molecule has 1 aromatic heterocycles. The summed E-state index contributed by atoms with van der Waals surface area (Å²) in [4.78, 5) is 14.3. The van der Waals surface area contributed by atoms with Crippen LogP contribution in [0.3, 0.4) is 0 Å². The highest BCUT2D eigenvalue weighted by Gasteiger charge is 2.64. The molecule has 1 fully saturated rings. The van der Waals surface area contributed by atoms with Crippen molar-refractivity contribution in [2.75, 3.05) is 13.2 Å². The van der Waals surface area contributed by atoms with Crippen molar-refractivity contribution in [3.8, 4) is 71.1 Å². The molecule has 0 N–H and O–H groups in total. The van der Waals surface area contributed by atoms with Crippen molar-refractivity contribution in [3.63, 3.8) is 0 Å². The van der Waals surface area contributed by atoms with Crippen LogP contribution in [0, 0.1) is 17.8 Å². The van der Waals surface area contributed by atoms with Gasteiger partial charge in [0, 0.05) is 20.7 Å². The standard InChI is InChI=1S/C62H64O3S/c1-8-43(3)59(63)65-39-13-11-9-10-12-38-64-52-30-26-49(27-31-52)57-34-35-58(66-57)51-29-33-54-53-32-28-50(40-55(53)62(56(54)41-51)60(4,5)36-37-61(62,6)7)48-24-22-47(23-25-48)46-20-18-45(19-21-46)44-16-14-42(2)15-17-44/h14-35,40-41H,3,8-13,36-39H2,1-2,4-7H3. The molecule has 9 rings (SSSR count). The van der Waals surface area contributed by atoms with E-state index in [1.54, 1.807) is 0 Å². The summed E-state index contributed by atoms with van der Waals surface area (Å²) >= 11 is 1.87. The molecular formula is C62H64O3S. The van der Waals surface area contributed by atoms with Gasteiger partial charge in [-0.2, -0.15) is 0 Å². The summed E-state index contributed by atoms with van der Waals surface area (Å²) in [5.41, 5.74) is 17.6. The molecule has 4 heteroatoms. The molecule has 0 amide bonds. The maximum atomic E-state index is 11.7. The second-order valence-electron chi connectivity index (χ2n) is 20.0. The Labute approximate surface area is 397 Å². The zero-order valence-corrected chi connectivity index (χ0v) is 40.6. The Kier molecular flexibility index (Phi) is 12.8. The Balaban J connectivity index is 0.890. The molecule has 2 aliphatic carbocycles. The SMILES string of the molecule is C=C(CC)C(=O)OCCCCCCCOc1ccc(-c2ccc(-c3ccc4c(c3)C3(c5cc(-c6ccc(-c7ccc(-c8ccc(C)cc8)cc7)cc6)ccc5-4)C(C)(C)CCC3(C)C)s2)cc1. The van der Waals surface area contributed by atoms with E-state index in [1.807, 2.05) is 18.3 Å². The van der Waals surface area contributed by atoms with Gasteiger partial charge in [0.1, 0.15) is 5.75 Å². The number of hydrogen-bond donors (Lipinski definition) is 0. The van der Waals surface area contributed by atoms with E-state index >= 15 is 0 Å². The third-order valence-corrected chi connectivity index (χ3v) is 16.1. The summed E-state index contributed by atoms with van der Waals surface area (Å²) in [6.07, 6.45) is 8.14. The number of unbranched alkanes of at least 4 members (excludes halogenated alkanes) is 4. The molecule has 7 aromatic rings. The maximum absolute atomic E-state index is 11.7. The lowest BCUT2D eigenvalue weighted by Gasteiger charge is -2.49. The first-order chi connectivity index (χ1) is 31.9. The molecule has 0 radical (unpaired) electrons. The number of thiophene rings is 1. The number of carbonyl (C=O) groups excluding carboxylic acids is 1. The molecule has 1 spiro atoms. The number of hydrogen-bond acceptors (Lipinski definition) is 4. The van der Waals surface area contributed by atoms with Crippen molar-refractivity contribution in [1.82, 2.24) is 0 Å². The number of aryl methyl sites for hydroxylation is 1. The van der Waals surface area contributed by atoms with Gasteiger partial charge in [-0.1, -0.05) is 163 Å². The molecule has 0 atom stereocenters. The van der Waals surface area contributed by atoms with Crippen LogP contribution in [0.25, 0.3) is 65.4 Å². The summed E-state index contributed by atoms with van der Waals surface area (Å²) in [5, 5.41) is 0. The van der Waals surface area contributed by atoms with Crippen molar-refractivity contribution >= 4 is 17.3 Å². The summed E-state index contributed by atoms with van der Waals surface area (Å²) in [7, 11) is 0. The molecule has 2 aliphatic rings. The quantitative estimate of drug-likeness (QED) is 0.0551. The molecule has 1 heterocycles. The van der Waals surface area contributed by atoms with Crippen molar-refractivity contribution in [1.29, 1.82) is 0 Å². The maximum Gasteiger partial charge on any atom is 0.333 e. The molecule has 0 saturated heterocycles. The predicted molar refractivity (Wildman–Crippen MR) is 278 cm³/mol. The fourth-order valence-electron chi connectivity index (χ4n) is 11.2. The average molecular weight is 889 g/mol. The van der Waals surface area contributed by atoms with Gasteiger partial charge in [0.2, 0.25) is 0 Å². The first-order valence-electron chi connectivity index (χ1n) is 24.1. The zero-order chi connectivity index (χ0) is 46.1. The molecule has 0 unspecified atom stereocenters. The molecule has 3 nitrogen and oxygen atoms in total. The largest absolute Gasteiger partial charge is 0.494 e. The van der Waals surface area contributed by atoms with Crippen molar-refractivity contribution < 1.29 is 14.3 Å². The molecule has 66 heavy (non-hydrogen) atoms. The van der Waals surface area contributed by atoms with E-state index in [0.29, 0.717) is 25.2 Å². The first-order valence-corrected chi connectivity index (χ1v) is 25.0. The lowest BCUT2D eigenvalue weighted by Crippen LogP contribution is -2.46. The minimum absolute atomic E-state index is 0.0646.